The number of aliphatic hydroxyl groups excluding tert-OH is 2. The fourth-order valence-electron chi connectivity index (χ4n) is 4.42. The van der Waals surface area contributed by atoms with Crippen molar-refractivity contribution in [3.8, 4) is 0 Å². The summed E-state index contributed by atoms with van der Waals surface area (Å²) in [4.78, 5) is 57.9. The van der Waals surface area contributed by atoms with E-state index in [-0.39, 0.29) is 42.8 Å². The molecule has 6 unspecified atom stereocenters. The van der Waals surface area contributed by atoms with E-state index in [1.54, 1.807) is 30.3 Å². The molecule has 19 heteroatoms. The number of imidazole rings is 1. The van der Waals surface area contributed by atoms with Gasteiger partial charge in [-0.05, 0) is 31.4 Å². The molecule has 1 fully saturated rings. The van der Waals surface area contributed by atoms with Gasteiger partial charge in [0.25, 0.3) is 5.91 Å². The number of fused-ring (bicyclic) bond motifs is 1. The molecule has 2 aromatic heterocycles. The number of carboxylic acids is 1. The van der Waals surface area contributed by atoms with Crippen LogP contribution in [0.5, 0.6) is 0 Å². The summed E-state index contributed by atoms with van der Waals surface area (Å²) in [5.74, 6) is -2.32. The number of unbranched alkanes of at least 4 members (excludes halogenated alkanes) is 1. The lowest BCUT2D eigenvalue weighted by atomic mass is 10.1. The molecule has 3 aromatic rings. The normalized spacial score (nSPS) is 21.9. The number of hydrogen-bond acceptors (Lipinski definition) is 12. The summed E-state index contributed by atoms with van der Waals surface area (Å²) in [6.45, 7) is -1.00. The number of carbonyl (C=O) groups excluding carboxylic acids is 2. The van der Waals surface area contributed by atoms with Crippen LogP contribution in [-0.2, 0) is 23.4 Å². The lowest BCUT2D eigenvalue weighted by molar-refractivity contribution is -0.141. The van der Waals surface area contributed by atoms with Crippen molar-refractivity contribution in [2.75, 3.05) is 25.4 Å². The summed E-state index contributed by atoms with van der Waals surface area (Å²) < 4.78 is 24.5. The first-order valence-corrected chi connectivity index (χ1v) is 15.1. The van der Waals surface area contributed by atoms with E-state index in [0.717, 1.165) is 0 Å². The van der Waals surface area contributed by atoms with Crippen LogP contribution in [0.1, 0.15) is 35.8 Å². The average molecular weight is 637 g/mol. The number of carbonyl (C=O) groups is 3. The van der Waals surface area contributed by atoms with Gasteiger partial charge in [0.2, 0.25) is 5.91 Å². The Bertz CT molecular complexity index is 1510. The van der Waals surface area contributed by atoms with Gasteiger partial charge in [0.15, 0.2) is 17.7 Å². The zero-order valence-electron chi connectivity index (χ0n) is 23.2. The highest BCUT2D eigenvalue weighted by Crippen LogP contribution is 2.39. The van der Waals surface area contributed by atoms with Crippen molar-refractivity contribution >= 4 is 42.5 Å². The molecule has 1 aliphatic rings. The van der Waals surface area contributed by atoms with Gasteiger partial charge in [-0.15, -0.1) is 0 Å². The van der Waals surface area contributed by atoms with Crippen LogP contribution in [0.2, 0.25) is 0 Å². The first-order valence-electron chi connectivity index (χ1n) is 13.5. The van der Waals surface area contributed by atoms with E-state index in [1.165, 1.54) is 17.2 Å². The van der Waals surface area contributed by atoms with Gasteiger partial charge in [-0.2, -0.15) is 0 Å². The van der Waals surface area contributed by atoms with Gasteiger partial charge in [-0.25, -0.2) is 29.4 Å². The fraction of sp³-hybridized carbons (Fsp3) is 0.440. The average Bonchev–Trinajstić information content (AvgIpc) is 3.55. The molecule has 1 aliphatic heterocycles. The maximum atomic E-state index is 12.5. The molecule has 0 bridgehead atoms. The molecular formula is C25H33N8O10P. The summed E-state index contributed by atoms with van der Waals surface area (Å²) in [6, 6.07) is 6.98. The van der Waals surface area contributed by atoms with Gasteiger partial charge in [0.05, 0.1) is 19.5 Å². The molecule has 1 aromatic carbocycles. The van der Waals surface area contributed by atoms with E-state index in [2.05, 4.69) is 30.7 Å². The molecule has 0 aliphatic carbocycles. The highest BCUT2D eigenvalue weighted by Gasteiger charge is 2.45. The molecule has 18 nitrogen and oxygen atoms in total. The number of aliphatic hydroxyl groups is 2. The van der Waals surface area contributed by atoms with Crippen molar-refractivity contribution < 1.29 is 48.4 Å². The Morgan fingerprint density at radius 2 is 1.86 bits per heavy atom. The molecule has 2 amide bonds. The molecule has 0 radical (unpaired) electrons. The third kappa shape index (κ3) is 8.32. The Labute approximate surface area is 250 Å². The van der Waals surface area contributed by atoms with Gasteiger partial charge >= 0.3 is 13.7 Å². The van der Waals surface area contributed by atoms with Crippen molar-refractivity contribution in [2.24, 2.45) is 0 Å². The van der Waals surface area contributed by atoms with Crippen molar-refractivity contribution in [3.63, 3.8) is 0 Å². The van der Waals surface area contributed by atoms with E-state index < -0.39 is 69.3 Å². The van der Waals surface area contributed by atoms with Gasteiger partial charge in [0, 0.05) is 12.1 Å². The molecule has 3 heterocycles. The fourth-order valence-corrected chi connectivity index (χ4v) is 5.30. The Morgan fingerprint density at radius 1 is 1.11 bits per heavy atom. The van der Waals surface area contributed by atoms with Gasteiger partial charge in [-0.1, -0.05) is 18.2 Å². The second-order valence-corrected chi connectivity index (χ2v) is 11.5. The summed E-state index contributed by atoms with van der Waals surface area (Å²) >= 11 is 0. The van der Waals surface area contributed by atoms with E-state index in [4.69, 9.17) is 15.0 Å². The number of nitrogens with one attached hydrogen (secondary N) is 3. The second kappa shape index (κ2) is 14.6. The zero-order valence-corrected chi connectivity index (χ0v) is 24.1. The Hall–Kier alpha value is -4.03. The monoisotopic (exact) mass is 636 g/mol. The highest BCUT2D eigenvalue weighted by molar-refractivity contribution is 7.50. The summed E-state index contributed by atoms with van der Waals surface area (Å²) in [7, 11) is -4.37. The molecular weight excluding hydrogens is 603 g/mol. The topological polar surface area (TPSA) is 273 Å². The first kappa shape index (κ1) is 32.9. The molecule has 1 saturated heterocycles. The third-order valence-electron chi connectivity index (χ3n) is 6.72. The van der Waals surface area contributed by atoms with Crippen LogP contribution in [0.25, 0.3) is 11.2 Å². The highest BCUT2D eigenvalue weighted by atomic mass is 31.2. The lowest BCUT2D eigenvalue weighted by Gasteiger charge is -2.18. The van der Waals surface area contributed by atoms with E-state index in [0.29, 0.717) is 5.56 Å². The SMILES string of the molecule is Nc1ncnc2c1ncn2C1OC(COP(=O)(O)NCCCCC(NC(=O)CNC(=O)c2ccccc2)C(=O)O)C(O)C1O. The second-order valence-electron chi connectivity index (χ2n) is 9.86. The van der Waals surface area contributed by atoms with E-state index in [9.17, 15) is 39.2 Å². The molecule has 0 saturated carbocycles. The standard InChI is InChI=1S/C25H33N8O10P/c26-21-18-22(29-12-28-21)33(13-30-18)24-20(36)19(35)16(43-24)11-42-44(40,41)31-9-5-4-8-15(25(38)39)32-17(34)10-27-23(37)14-6-2-1-3-7-14/h1-3,6-7,12-13,15-16,19-20,24,35-36H,4-5,8-11H2,(H,27,37)(H,32,34)(H,38,39)(H2,26,28,29)(H2,31,40,41). The van der Waals surface area contributed by atoms with Gasteiger partial charge in [-0.3, -0.25) is 18.7 Å². The maximum Gasteiger partial charge on any atom is 0.403 e. The number of nitrogen functional groups attached to an aromatic ring is 1. The number of ether oxygens (including phenoxy) is 1. The molecule has 0 spiro atoms. The van der Waals surface area contributed by atoms with Crippen molar-refractivity contribution in [3.05, 3.63) is 48.5 Å². The quantitative estimate of drug-likeness (QED) is 0.0726. The number of hydrogen-bond donors (Lipinski definition) is 8. The predicted molar refractivity (Wildman–Crippen MR) is 152 cm³/mol. The molecule has 6 atom stereocenters. The summed E-state index contributed by atoms with van der Waals surface area (Å²) in [6.07, 6.45) is -2.17. The third-order valence-corrected chi connectivity index (χ3v) is 7.84. The predicted octanol–water partition coefficient (Wildman–Crippen LogP) is -1.10. The number of anilines is 1. The van der Waals surface area contributed by atoms with Gasteiger partial charge in [0.1, 0.15) is 36.2 Å². The molecule has 9 N–H and O–H groups in total. The van der Waals surface area contributed by atoms with Crippen LogP contribution >= 0.6 is 7.75 Å². The summed E-state index contributed by atoms with van der Waals surface area (Å²) in [5.41, 5.74) is 6.65. The van der Waals surface area contributed by atoms with Crippen molar-refractivity contribution in [2.45, 2.75) is 49.8 Å². The molecule has 4 rings (SSSR count). The van der Waals surface area contributed by atoms with Crippen LogP contribution in [0.3, 0.4) is 0 Å². The number of benzene rings is 1. The minimum atomic E-state index is -4.37. The van der Waals surface area contributed by atoms with Crippen LogP contribution < -0.4 is 21.5 Å². The Morgan fingerprint density at radius 3 is 2.59 bits per heavy atom. The number of amides is 2. The van der Waals surface area contributed by atoms with Gasteiger partial charge < -0.3 is 41.3 Å². The van der Waals surface area contributed by atoms with Crippen molar-refractivity contribution in [1.29, 1.82) is 0 Å². The number of aromatic nitrogens is 4. The summed E-state index contributed by atoms with van der Waals surface area (Å²) in [5, 5.41) is 37.5. The Balaban J connectivity index is 1.17. The minimum absolute atomic E-state index is 0.0207. The molecule has 44 heavy (non-hydrogen) atoms. The number of aliphatic carboxylic acids is 1. The molecule has 238 valence electrons. The number of carboxylic acid groups (broad SMARTS) is 1. The first-order chi connectivity index (χ1) is 21.0. The van der Waals surface area contributed by atoms with Crippen LogP contribution in [0.15, 0.2) is 43.0 Å². The van der Waals surface area contributed by atoms with E-state index >= 15 is 0 Å². The number of rotatable bonds is 15. The number of nitrogens with two attached hydrogens (primary N) is 1. The van der Waals surface area contributed by atoms with Crippen LogP contribution in [0, 0.1) is 0 Å². The minimum Gasteiger partial charge on any atom is -0.480 e. The number of nitrogens with zero attached hydrogens (tertiary/aromatic N) is 4. The Kier molecular flexibility index (Phi) is 10.9. The lowest BCUT2D eigenvalue weighted by Crippen LogP contribution is -2.45. The zero-order chi connectivity index (χ0) is 31.9. The smallest absolute Gasteiger partial charge is 0.403 e. The van der Waals surface area contributed by atoms with E-state index in [1.807, 2.05) is 0 Å². The van der Waals surface area contributed by atoms with Crippen LogP contribution in [0.4, 0.5) is 5.82 Å². The van der Waals surface area contributed by atoms with Crippen molar-refractivity contribution in [1.82, 2.24) is 35.2 Å². The van der Waals surface area contributed by atoms with Crippen LogP contribution in [-0.4, -0.2) is 102 Å². The largest absolute Gasteiger partial charge is 0.480 e. The maximum absolute atomic E-state index is 12.5.